The number of hydrogen-bond donors (Lipinski definition) is 1. The van der Waals surface area contributed by atoms with Crippen LogP contribution in [-0.4, -0.2) is 29.8 Å². The number of hydrogen-bond acceptors (Lipinski definition) is 3. The van der Waals surface area contributed by atoms with Crippen molar-refractivity contribution in [1.82, 2.24) is 10.2 Å². The summed E-state index contributed by atoms with van der Waals surface area (Å²) in [5.74, 6) is 0.186. The Balaban J connectivity index is 1.47. The predicted molar refractivity (Wildman–Crippen MR) is 96.0 cm³/mol. The molecule has 0 spiro atoms. The van der Waals surface area contributed by atoms with E-state index in [2.05, 4.69) is 11.4 Å². The summed E-state index contributed by atoms with van der Waals surface area (Å²) in [4.78, 5) is 27.3. The lowest BCUT2D eigenvalue weighted by Crippen LogP contribution is -2.42. The van der Waals surface area contributed by atoms with Crippen LogP contribution < -0.4 is 5.32 Å². The molecule has 0 saturated carbocycles. The molecule has 4 nitrogen and oxygen atoms in total. The molecule has 0 aliphatic carbocycles. The molecule has 3 rings (SSSR count). The second-order valence-corrected chi connectivity index (χ2v) is 7.20. The Kier molecular flexibility index (Phi) is 5.30. The highest BCUT2D eigenvalue weighted by Crippen LogP contribution is 2.21. The van der Waals surface area contributed by atoms with Gasteiger partial charge in [0.2, 0.25) is 5.91 Å². The molecule has 2 aromatic rings. The first-order valence-corrected chi connectivity index (χ1v) is 9.17. The van der Waals surface area contributed by atoms with E-state index in [1.165, 1.54) is 16.9 Å². The third kappa shape index (κ3) is 4.03. The molecule has 1 N–H and O–H groups in total. The molecule has 1 aliphatic heterocycles. The van der Waals surface area contributed by atoms with E-state index in [4.69, 9.17) is 0 Å². The lowest BCUT2D eigenvalue weighted by Gasteiger charge is -2.31. The molecular formula is C19H22N2O2S. The molecule has 0 radical (unpaired) electrons. The Hall–Kier alpha value is -2.14. The first-order chi connectivity index (χ1) is 11.6. The normalized spacial score (nSPS) is 15.3. The average molecular weight is 342 g/mol. The minimum Gasteiger partial charge on any atom is -0.352 e. The van der Waals surface area contributed by atoms with Gasteiger partial charge in [-0.15, -0.1) is 11.3 Å². The molecule has 1 aliphatic rings. The fourth-order valence-electron chi connectivity index (χ4n) is 3.06. The van der Waals surface area contributed by atoms with Crippen molar-refractivity contribution in [3.63, 3.8) is 0 Å². The fourth-order valence-corrected chi connectivity index (χ4v) is 3.75. The molecule has 1 aromatic carbocycles. The SMILES string of the molecule is Cc1cccc(CNC(=O)C2CCN(C(=O)c3cccs3)CC2)c1. The molecule has 1 saturated heterocycles. The largest absolute Gasteiger partial charge is 0.352 e. The van der Waals surface area contributed by atoms with Gasteiger partial charge in [-0.05, 0) is 36.8 Å². The highest BCUT2D eigenvalue weighted by Gasteiger charge is 2.27. The van der Waals surface area contributed by atoms with Crippen LogP contribution in [0.4, 0.5) is 0 Å². The lowest BCUT2D eigenvalue weighted by molar-refractivity contribution is -0.126. The van der Waals surface area contributed by atoms with Crippen molar-refractivity contribution in [1.29, 1.82) is 0 Å². The van der Waals surface area contributed by atoms with E-state index in [9.17, 15) is 9.59 Å². The van der Waals surface area contributed by atoms with Crippen LogP contribution in [0.3, 0.4) is 0 Å². The number of thiophene rings is 1. The second-order valence-electron chi connectivity index (χ2n) is 6.25. The van der Waals surface area contributed by atoms with Crippen LogP contribution in [0, 0.1) is 12.8 Å². The number of nitrogens with one attached hydrogen (secondary N) is 1. The molecule has 126 valence electrons. The highest BCUT2D eigenvalue weighted by atomic mass is 32.1. The number of nitrogens with zero attached hydrogens (tertiary/aromatic N) is 1. The number of amides is 2. The number of rotatable bonds is 4. The molecule has 1 aromatic heterocycles. The van der Waals surface area contributed by atoms with Crippen LogP contribution in [0.1, 0.15) is 33.6 Å². The molecule has 5 heteroatoms. The molecule has 1 fully saturated rings. The molecule has 0 bridgehead atoms. The number of benzene rings is 1. The number of carbonyl (C=O) groups is 2. The van der Waals surface area contributed by atoms with Gasteiger partial charge in [0.15, 0.2) is 0 Å². The molecule has 0 unspecified atom stereocenters. The van der Waals surface area contributed by atoms with Gasteiger partial charge in [0.1, 0.15) is 0 Å². The van der Waals surface area contributed by atoms with Crippen molar-refractivity contribution in [3.05, 3.63) is 57.8 Å². The van der Waals surface area contributed by atoms with E-state index in [1.54, 1.807) is 0 Å². The third-order valence-electron chi connectivity index (χ3n) is 4.43. The average Bonchev–Trinajstić information content (AvgIpc) is 3.14. The maximum absolute atomic E-state index is 12.3. The van der Waals surface area contributed by atoms with E-state index in [0.717, 1.165) is 23.3 Å². The van der Waals surface area contributed by atoms with Crippen molar-refractivity contribution >= 4 is 23.2 Å². The van der Waals surface area contributed by atoms with E-state index in [1.807, 2.05) is 47.5 Å². The Labute approximate surface area is 146 Å². The first kappa shape index (κ1) is 16.7. The van der Waals surface area contributed by atoms with Gasteiger partial charge in [0, 0.05) is 25.6 Å². The van der Waals surface area contributed by atoms with Gasteiger partial charge >= 0.3 is 0 Å². The standard InChI is InChI=1S/C19H22N2O2S/c1-14-4-2-5-15(12-14)13-20-18(22)16-7-9-21(10-8-16)19(23)17-6-3-11-24-17/h2-6,11-12,16H,7-10,13H2,1H3,(H,20,22). The van der Waals surface area contributed by atoms with E-state index in [0.29, 0.717) is 19.6 Å². The minimum atomic E-state index is 0.00203. The number of carbonyl (C=O) groups excluding carboxylic acids is 2. The summed E-state index contributed by atoms with van der Waals surface area (Å²) in [5.41, 5.74) is 2.32. The zero-order valence-corrected chi connectivity index (χ0v) is 14.6. The van der Waals surface area contributed by atoms with Crippen molar-refractivity contribution in [2.75, 3.05) is 13.1 Å². The summed E-state index contributed by atoms with van der Waals surface area (Å²) in [6.45, 7) is 3.92. The first-order valence-electron chi connectivity index (χ1n) is 8.29. The number of likely N-dealkylation sites (tertiary alicyclic amines) is 1. The summed E-state index contributed by atoms with van der Waals surface area (Å²) in [7, 11) is 0. The summed E-state index contributed by atoms with van der Waals surface area (Å²) in [6.07, 6.45) is 1.47. The molecule has 2 amide bonds. The summed E-state index contributed by atoms with van der Waals surface area (Å²) >= 11 is 1.47. The smallest absolute Gasteiger partial charge is 0.263 e. The van der Waals surface area contributed by atoms with Gasteiger partial charge in [-0.1, -0.05) is 35.9 Å². The summed E-state index contributed by atoms with van der Waals surface area (Å²) in [6, 6.07) is 11.9. The van der Waals surface area contributed by atoms with Crippen molar-refractivity contribution < 1.29 is 9.59 Å². The Morgan fingerprint density at radius 3 is 2.67 bits per heavy atom. The van der Waals surface area contributed by atoms with Gasteiger partial charge in [-0.3, -0.25) is 9.59 Å². The van der Waals surface area contributed by atoms with Gasteiger partial charge in [0.25, 0.3) is 5.91 Å². The summed E-state index contributed by atoms with van der Waals surface area (Å²) < 4.78 is 0. The lowest BCUT2D eigenvalue weighted by atomic mass is 9.95. The topological polar surface area (TPSA) is 49.4 Å². The van der Waals surface area contributed by atoms with Gasteiger partial charge in [0.05, 0.1) is 4.88 Å². The predicted octanol–water partition coefficient (Wildman–Crippen LogP) is 3.23. The molecule has 0 atom stereocenters. The van der Waals surface area contributed by atoms with E-state index in [-0.39, 0.29) is 17.7 Å². The summed E-state index contributed by atoms with van der Waals surface area (Å²) in [5, 5.41) is 4.94. The molecule has 2 heterocycles. The van der Waals surface area contributed by atoms with Crippen molar-refractivity contribution in [3.8, 4) is 0 Å². The van der Waals surface area contributed by atoms with Crippen LogP contribution in [0.25, 0.3) is 0 Å². The Bertz CT molecular complexity index is 704. The highest BCUT2D eigenvalue weighted by molar-refractivity contribution is 7.12. The Morgan fingerprint density at radius 2 is 2.00 bits per heavy atom. The van der Waals surface area contributed by atoms with Gasteiger partial charge < -0.3 is 10.2 Å². The fraction of sp³-hybridized carbons (Fsp3) is 0.368. The number of piperidine rings is 1. The third-order valence-corrected chi connectivity index (χ3v) is 5.29. The van der Waals surface area contributed by atoms with E-state index >= 15 is 0 Å². The van der Waals surface area contributed by atoms with Crippen LogP contribution >= 0.6 is 11.3 Å². The molecular weight excluding hydrogens is 320 g/mol. The van der Waals surface area contributed by atoms with Crippen LogP contribution in [0.5, 0.6) is 0 Å². The van der Waals surface area contributed by atoms with Crippen molar-refractivity contribution in [2.24, 2.45) is 5.92 Å². The van der Waals surface area contributed by atoms with Crippen molar-refractivity contribution in [2.45, 2.75) is 26.3 Å². The number of aryl methyl sites for hydroxylation is 1. The van der Waals surface area contributed by atoms with Gasteiger partial charge in [-0.25, -0.2) is 0 Å². The quantitative estimate of drug-likeness (QED) is 0.927. The van der Waals surface area contributed by atoms with Crippen LogP contribution in [0.2, 0.25) is 0 Å². The van der Waals surface area contributed by atoms with Crippen LogP contribution in [-0.2, 0) is 11.3 Å². The van der Waals surface area contributed by atoms with Gasteiger partial charge in [-0.2, -0.15) is 0 Å². The second kappa shape index (κ2) is 7.62. The maximum Gasteiger partial charge on any atom is 0.263 e. The van der Waals surface area contributed by atoms with E-state index < -0.39 is 0 Å². The monoisotopic (exact) mass is 342 g/mol. The zero-order chi connectivity index (χ0) is 16.9. The molecule has 24 heavy (non-hydrogen) atoms. The Morgan fingerprint density at radius 1 is 1.21 bits per heavy atom. The van der Waals surface area contributed by atoms with Crippen LogP contribution in [0.15, 0.2) is 41.8 Å². The maximum atomic E-state index is 12.3. The minimum absolute atomic E-state index is 0.00203. The zero-order valence-electron chi connectivity index (χ0n) is 13.8.